The highest BCUT2D eigenvalue weighted by atomic mass is 16.7. The molecule has 0 radical (unpaired) electrons. The number of likely N-dealkylation sites (N-methyl/N-ethyl adjacent to an activating group) is 1. The minimum atomic E-state index is 0.131. The van der Waals surface area contributed by atoms with E-state index in [0.29, 0.717) is 17.2 Å². The highest BCUT2D eigenvalue weighted by Crippen LogP contribution is 2.58. The maximum atomic E-state index is 10.4. The fourth-order valence-corrected chi connectivity index (χ4v) is 4.57. The first-order valence-electron chi connectivity index (χ1n) is 8.76. The van der Waals surface area contributed by atoms with Crippen LogP contribution in [0.5, 0.6) is 28.7 Å². The summed E-state index contributed by atoms with van der Waals surface area (Å²) in [6, 6.07) is 3.95. The Kier molecular flexibility index (Phi) is 3.28. The summed E-state index contributed by atoms with van der Waals surface area (Å²) in [4.78, 5) is 2.37. The summed E-state index contributed by atoms with van der Waals surface area (Å²) >= 11 is 0. The van der Waals surface area contributed by atoms with E-state index in [2.05, 4.69) is 11.9 Å². The minimum Gasteiger partial charge on any atom is -0.504 e. The molecule has 6 heteroatoms. The fraction of sp³-hybridized carbons (Fsp3) is 0.400. The van der Waals surface area contributed by atoms with Crippen LogP contribution in [0.3, 0.4) is 0 Å². The molecule has 1 N–H and O–H groups in total. The van der Waals surface area contributed by atoms with Crippen LogP contribution in [0.4, 0.5) is 0 Å². The number of nitrogens with zero attached hydrogens (tertiary/aromatic N) is 1. The minimum absolute atomic E-state index is 0.131. The second-order valence-electron chi connectivity index (χ2n) is 7.00. The number of hydrogen-bond acceptors (Lipinski definition) is 6. The van der Waals surface area contributed by atoms with Crippen LogP contribution in [0.15, 0.2) is 12.1 Å². The molecule has 26 heavy (non-hydrogen) atoms. The quantitative estimate of drug-likeness (QED) is 0.894. The SMILES string of the molecule is COc1cc2c(cc1O)-c1c3c(c(OC)c4c1[C@H](C2)N(C)CC4)OCO3. The second-order valence-corrected chi connectivity index (χ2v) is 7.00. The first-order chi connectivity index (χ1) is 12.6. The van der Waals surface area contributed by atoms with Gasteiger partial charge in [-0.05, 0) is 48.7 Å². The highest BCUT2D eigenvalue weighted by molar-refractivity contribution is 5.87. The van der Waals surface area contributed by atoms with E-state index in [1.807, 2.05) is 6.07 Å². The van der Waals surface area contributed by atoms with Gasteiger partial charge in [-0.3, -0.25) is 4.90 Å². The van der Waals surface area contributed by atoms with Crippen molar-refractivity contribution >= 4 is 0 Å². The lowest BCUT2D eigenvalue weighted by Gasteiger charge is -2.40. The topological polar surface area (TPSA) is 60.4 Å². The van der Waals surface area contributed by atoms with Crippen LogP contribution in [0.2, 0.25) is 0 Å². The molecular weight excluding hydrogens is 334 g/mol. The number of benzene rings is 2. The third-order valence-corrected chi connectivity index (χ3v) is 5.79. The Labute approximate surface area is 151 Å². The van der Waals surface area contributed by atoms with E-state index in [4.69, 9.17) is 18.9 Å². The molecule has 0 saturated heterocycles. The van der Waals surface area contributed by atoms with E-state index in [9.17, 15) is 5.11 Å². The summed E-state index contributed by atoms with van der Waals surface area (Å²) in [6.45, 7) is 1.14. The zero-order valence-corrected chi connectivity index (χ0v) is 15.1. The maximum Gasteiger partial charge on any atom is 0.231 e. The van der Waals surface area contributed by atoms with Crippen molar-refractivity contribution in [1.29, 1.82) is 0 Å². The Morgan fingerprint density at radius 1 is 1.15 bits per heavy atom. The van der Waals surface area contributed by atoms with E-state index < -0.39 is 0 Å². The van der Waals surface area contributed by atoms with Crippen molar-refractivity contribution in [2.24, 2.45) is 0 Å². The Bertz CT molecular complexity index is 923. The third-order valence-electron chi connectivity index (χ3n) is 5.79. The van der Waals surface area contributed by atoms with Gasteiger partial charge in [-0.15, -0.1) is 0 Å². The van der Waals surface area contributed by atoms with Crippen LogP contribution in [-0.4, -0.2) is 44.6 Å². The van der Waals surface area contributed by atoms with E-state index >= 15 is 0 Å². The number of aromatic hydroxyl groups is 1. The molecule has 3 aliphatic rings. The van der Waals surface area contributed by atoms with Crippen LogP contribution >= 0.6 is 0 Å². The third kappa shape index (κ3) is 1.90. The first kappa shape index (κ1) is 15.6. The number of hydrogen-bond donors (Lipinski definition) is 1. The molecule has 1 atom stereocenters. The zero-order valence-electron chi connectivity index (χ0n) is 15.1. The number of phenolic OH excluding ortho intramolecular Hbond substituents is 1. The highest BCUT2D eigenvalue weighted by Gasteiger charge is 2.41. The average Bonchev–Trinajstić information content (AvgIpc) is 3.12. The molecule has 0 bridgehead atoms. The lowest BCUT2D eigenvalue weighted by atomic mass is 9.76. The van der Waals surface area contributed by atoms with Crippen LogP contribution in [0.25, 0.3) is 11.1 Å². The predicted octanol–water partition coefficient (Wildman–Crippen LogP) is 2.89. The lowest BCUT2D eigenvalue weighted by molar-refractivity contribution is 0.171. The van der Waals surface area contributed by atoms with Gasteiger partial charge in [-0.2, -0.15) is 0 Å². The van der Waals surface area contributed by atoms with Gasteiger partial charge in [0.2, 0.25) is 12.5 Å². The summed E-state index contributed by atoms with van der Waals surface area (Å²) < 4.78 is 22.7. The Hall–Kier alpha value is -2.60. The number of rotatable bonds is 2. The molecule has 0 amide bonds. The van der Waals surface area contributed by atoms with Gasteiger partial charge < -0.3 is 24.1 Å². The summed E-state index contributed by atoms with van der Waals surface area (Å²) in [5, 5.41) is 10.4. The van der Waals surface area contributed by atoms with Crippen LogP contribution in [0.1, 0.15) is 22.7 Å². The number of methoxy groups -OCH3 is 2. The first-order valence-corrected chi connectivity index (χ1v) is 8.76. The van der Waals surface area contributed by atoms with E-state index in [-0.39, 0.29) is 18.6 Å². The van der Waals surface area contributed by atoms with Gasteiger partial charge >= 0.3 is 0 Å². The van der Waals surface area contributed by atoms with Gasteiger partial charge in [0.1, 0.15) is 0 Å². The standard InChI is InChI=1S/C20H21NO5/c1-21-5-4-11-16-13(21)6-10-7-15(23-2)14(22)8-12(10)17(16)19-20(18(11)24-3)26-9-25-19/h7-8,13,22H,4-6,9H2,1-3H3/t13-/m0/s1. The molecule has 0 saturated carbocycles. The van der Waals surface area contributed by atoms with Crippen molar-refractivity contribution in [3.05, 3.63) is 28.8 Å². The molecular formula is C20H21NO5. The fourth-order valence-electron chi connectivity index (χ4n) is 4.57. The van der Waals surface area contributed by atoms with Gasteiger partial charge in [0.15, 0.2) is 23.0 Å². The Morgan fingerprint density at radius 3 is 2.73 bits per heavy atom. The molecule has 2 aromatic rings. The van der Waals surface area contributed by atoms with Crippen molar-refractivity contribution in [1.82, 2.24) is 4.90 Å². The molecule has 2 aromatic carbocycles. The summed E-state index contributed by atoms with van der Waals surface area (Å²) in [5.41, 5.74) is 5.56. The summed E-state index contributed by atoms with van der Waals surface area (Å²) in [7, 11) is 5.40. The monoisotopic (exact) mass is 355 g/mol. The van der Waals surface area contributed by atoms with Gasteiger partial charge in [-0.1, -0.05) is 0 Å². The van der Waals surface area contributed by atoms with Gasteiger partial charge in [0.05, 0.1) is 14.2 Å². The lowest BCUT2D eigenvalue weighted by Crippen LogP contribution is -2.35. The molecule has 0 aromatic heterocycles. The summed E-state index contributed by atoms with van der Waals surface area (Å²) in [6.07, 6.45) is 1.75. The van der Waals surface area contributed by atoms with Crippen LogP contribution in [0, 0.1) is 0 Å². The molecule has 0 spiro atoms. The molecule has 0 fully saturated rings. The molecule has 6 nitrogen and oxygen atoms in total. The smallest absolute Gasteiger partial charge is 0.231 e. The average molecular weight is 355 g/mol. The van der Waals surface area contributed by atoms with Gasteiger partial charge in [0, 0.05) is 23.7 Å². The van der Waals surface area contributed by atoms with Crippen LogP contribution in [-0.2, 0) is 12.8 Å². The number of phenols is 1. The Balaban J connectivity index is 1.87. The van der Waals surface area contributed by atoms with E-state index in [1.54, 1.807) is 20.3 Å². The van der Waals surface area contributed by atoms with Crippen molar-refractivity contribution in [2.75, 3.05) is 34.6 Å². The van der Waals surface area contributed by atoms with E-state index in [0.717, 1.165) is 41.8 Å². The van der Waals surface area contributed by atoms with Crippen LogP contribution < -0.4 is 18.9 Å². The van der Waals surface area contributed by atoms with Crippen molar-refractivity contribution < 1.29 is 24.1 Å². The molecule has 2 heterocycles. The van der Waals surface area contributed by atoms with Crippen molar-refractivity contribution in [3.63, 3.8) is 0 Å². The predicted molar refractivity (Wildman–Crippen MR) is 95.5 cm³/mol. The second kappa shape index (κ2) is 5.45. The van der Waals surface area contributed by atoms with Gasteiger partial charge in [0.25, 0.3) is 0 Å². The van der Waals surface area contributed by atoms with Crippen molar-refractivity contribution in [2.45, 2.75) is 18.9 Å². The molecule has 0 unspecified atom stereocenters. The maximum absolute atomic E-state index is 10.4. The van der Waals surface area contributed by atoms with Gasteiger partial charge in [-0.25, -0.2) is 0 Å². The molecule has 1 aliphatic carbocycles. The van der Waals surface area contributed by atoms with Crippen molar-refractivity contribution in [3.8, 4) is 39.9 Å². The largest absolute Gasteiger partial charge is 0.504 e. The molecule has 5 rings (SSSR count). The number of fused-ring (bicyclic) bond motifs is 4. The zero-order chi connectivity index (χ0) is 18.0. The Morgan fingerprint density at radius 2 is 1.96 bits per heavy atom. The summed E-state index contributed by atoms with van der Waals surface area (Å²) in [5.74, 6) is 2.80. The molecule has 2 aliphatic heterocycles. The molecule has 136 valence electrons. The van der Waals surface area contributed by atoms with E-state index in [1.165, 1.54) is 11.1 Å². The number of ether oxygens (including phenoxy) is 4. The normalized spacial score (nSPS) is 19.7.